The Morgan fingerprint density at radius 2 is 1.87 bits per heavy atom. The van der Waals surface area contributed by atoms with Gasteiger partial charge in [0.15, 0.2) is 5.96 Å². The lowest BCUT2D eigenvalue weighted by atomic mass is 10.1. The Morgan fingerprint density at radius 3 is 2.55 bits per heavy atom. The molecule has 1 aromatic rings. The van der Waals surface area contributed by atoms with Gasteiger partial charge in [-0.3, -0.25) is 19.6 Å². The summed E-state index contributed by atoms with van der Waals surface area (Å²) in [5, 5.41) is 7.06. The molecule has 172 valence electrons. The maximum Gasteiger partial charge on any atom is 0.236 e. The molecule has 1 unspecified atom stereocenters. The molecule has 0 bridgehead atoms. The summed E-state index contributed by atoms with van der Waals surface area (Å²) < 4.78 is 0. The first-order chi connectivity index (χ1) is 15.0. The van der Waals surface area contributed by atoms with Gasteiger partial charge in [0.25, 0.3) is 0 Å². The first kappa shape index (κ1) is 23.5. The maximum atomic E-state index is 11.9. The zero-order valence-corrected chi connectivity index (χ0v) is 19.5. The second-order valence-corrected chi connectivity index (χ2v) is 8.95. The van der Waals surface area contributed by atoms with Crippen LogP contribution in [-0.4, -0.2) is 92.0 Å². The van der Waals surface area contributed by atoms with Crippen LogP contribution in [0, 0.1) is 0 Å². The molecule has 0 aliphatic carbocycles. The van der Waals surface area contributed by atoms with Gasteiger partial charge in [0.2, 0.25) is 5.91 Å². The van der Waals surface area contributed by atoms with Crippen molar-refractivity contribution in [1.82, 2.24) is 25.3 Å². The second-order valence-electron chi connectivity index (χ2n) is 8.95. The number of carbonyl (C=O) groups is 1. The van der Waals surface area contributed by atoms with Crippen LogP contribution in [0.5, 0.6) is 0 Å². The smallest absolute Gasteiger partial charge is 0.236 e. The predicted molar refractivity (Wildman–Crippen MR) is 127 cm³/mol. The Balaban J connectivity index is 1.48. The molecule has 1 amide bonds. The van der Waals surface area contributed by atoms with Crippen molar-refractivity contribution in [3.63, 3.8) is 0 Å². The Labute approximate surface area is 187 Å². The SMILES string of the molecule is CCNC(=NCC1CCCN1Cc1ccccc1)NC1CCN(CC(=O)N(C)C)CC1. The number of piperidine rings is 1. The molecular weight excluding hydrogens is 388 g/mol. The fraction of sp³-hybridized carbons (Fsp3) is 0.667. The minimum Gasteiger partial charge on any atom is -0.357 e. The molecule has 31 heavy (non-hydrogen) atoms. The van der Waals surface area contributed by atoms with Gasteiger partial charge in [-0.15, -0.1) is 0 Å². The Hall–Kier alpha value is -2.12. The first-order valence-corrected chi connectivity index (χ1v) is 11.8. The van der Waals surface area contributed by atoms with E-state index in [2.05, 4.69) is 57.7 Å². The minimum atomic E-state index is 0.179. The van der Waals surface area contributed by atoms with Crippen LogP contribution >= 0.6 is 0 Å². The average molecular weight is 429 g/mol. The van der Waals surface area contributed by atoms with Crippen molar-refractivity contribution in [2.75, 3.05) is 53.4 Å². The quantitative estimate of drug-likeness (QED) is 0.488. The Morgan fingerprint density at radius 1 is 1.13 bits per heavy atom. The number of hydrogen-bond donors (Lipinski definition) is 2. The van der Waals surface area contributed by atoms with Crippen LogP contribution in [0.1, 0.15) is 38.2 Å². The molecule has 2 fully saturated rings. The number of nitrogens with zero attached hydrogens (tertiary/aromatic N) is 4. The largest absolute Gasteiger partial charge is 0.357 e. The fourth-order valence-electron chi connectivity index (χ4n) is 4.41. The zero-order valence-electron chi connectivity index (χ0n) is 19.5. The van der Waals surface area contributed by atoms with Gasteiger partial charge in [-0.2, -0.15) is 0 Å². The average Bonchev–Trinajstić information content (AvgIpc) is 3.21. The molecule has 7 heteroatoms. The van der Waals surface area contributed by atoms with Gasteiger partial charge < -0.3 is 15.5 Å². The summed E-state index contributed by atoms with van der Waals surface area (Å²) in [6.45, 7) is 8.39. The molecule has 2 saturated heterocycles. The lowest BCUT2D eigenvalue weighted by Crippen LogP contribution is -2.50. The third-order valence-electron chi connectivity index (χ3n) is 6.32. The van der Waals surface area contributed by atoms with E-state index in [0.29, 0.717) is 18.6 Å². The van der Waals surface area contributed by atoms with Gasteiger partial charge in [-0.25, -0.2) is 0 Å². The van der Waals surface area contributed by atoms with E-state index >= 15 is 0 Å². The van der Waals surface area contributed by atoms with E-state index in [1.807, 2.05) is 14.1 Å². The van der Waals surface area contributed by atoms with Gasteiger partial charge in [-0.05, 0) is 44.7 Å². The van der Waals surface area contributed by atoms with Crippen LogP contribution in [0.2, 0.25) is 0 Å². The molecule has 0 saturated carbocycles. The molecule has 0 aromatic heterocycles. The third kappa shape index (κ3) is 7.51. The topological polar surface area (TPSA) is 63.2 Å². The fourth-order valence-corrected chi connectivity index (χ4v) is 4.41. The molecule has 1 aromatic carbocycles. The number of aliphatic imine (C=N–C) groups is 1. The predicted octanol–water partition coefficient (Wildman–Crippen LogP) is 1.76. The Kier molecular flexibility index (Phi) is 9.15. The summed E-state index contributed by atoms with van der Waals surface area (Å²) >= 11 is 0. The lowest BCUT2D eigenvalue weighted by molar-refractivity contribution is -0.130. The van der Waals surface area contributed by atoms with Crippen LogP contribution in [0.4, 0.5) is 0 Å². The normalized spacial score (nSPS) is 21.3. The molecule has 2 heterocycles. The van der Waals surface area contributed by atoms with Crippen LogP contribution in [0.15, 0.2) is 35.3 Å². The molecule has 2 aliphatic heterocycles. The van der Waals surface area contributed by atoms with Crippen molar-refractivity contribution in [3.05, 3.63) is 35.9 Å². The number of rotatable bonds is 8. The van der Waals surface area contributed by atoms with E-state index in [9.17, 15) is 4.79 Å². The number of guanidine groups is 1. The number of likely N-dealkylation sites (N-methyl/N-ethyl adjacent to an activating group) is 1. The third-order valence-corrected chi connectivity index (χ3v) is 6.32. The second kappa shape index (κ2) is 12.1. The van der Waals surface area contributed by atoms with Crippen molar-refractivity contribution in [2.24, 2.45) is 4.99 Å². The zero-order chi connectivity index (χ0) is 22.1. The summed E-state index contributed by atoms with van der Waals surface area (Å²) in [5.74, 6) is 1.11. The van der Waals surface area contributed by atoms with Crippen LogP contribution in [-0.2, 0) is 11.3 Å². The molecule has 1 atom stereocenters. The number of benzene rings is 1. The molecule has 0 spiro atoms. The highest BCUT2D eigenvalue weighted by atomic mass is 16.2. The van der Waals surface area contributed by atoms with Crippen LogP contribution < -0.4 is 10.6 Å². The van der Waals surface area contributed by atoms with Crippen molar-refractivity contribution in [1.29, 1.82) is 0 Å². The first-order valence-electron chi connectivity index (χ1n) is 11.8. The molecule has 3 rings (SSSR count). The number of amides is 1. The van der Waals surface area contributed by atoms with Crippen molar-refractivity contribution in [3.8, 4) is 0 Å². The number of hydrogen-bond acceptors (Lipinski definition) is 4. The highest BCUT2D eigenvalue weighted by Gasteiger charge is 2.25. The number of nitrogens with one attached hydrogen (secondary N) is 2. The lowest BCUT2D eigenvalue weighted by Gasteiger charge is -2.33. The summed E-state index contributed by atoms with van der Waals surface area (Å²) in [6.07, 6.45) is 4.54. The van der Waals surface area contributed by atoms with E-state index in [4.69, 9.17) is 4.99 Å². The van der Waals surface area contributed by atoms with E-state index in [-0.39, 0.29) is 5.91 Å². The monoisotopic (exact) mass is 428 g/mol. The molecule has 7 nitrogen and oxygen atoms in total. The highest BCUT2D eigenvalue weighted by molar-refractivity contribution is 5.80. The minimum absolute atomic E-state index is 0.179. The summed E-state index contributed by atoms with van der Waals surface area (Å²) in [7, 11) is 3.64. The standard InChI is InChI=1S/C24H40N6O/c1-4-25-24(27-21-12-15-29(16-13-21)19-23(31)28(2)3)26-17-22-11-8-14-30(22)18-20-9-6-5-7-10-20/h5-7,9-10,21-22H,4,8,11-19H2,1-3H3,(H2,25,26,27). The molecular formula is C24H40N6O. The molecule has 0 radical (unpaired) electrons. The molecule has 2 N–H and O–H groups in total. The maximum absolute atomic E-state index is 11.9. The van der Waals surface area contributed by atoms with Crippen LogP contribution in [0.25, 0.3) is 0 Å². The van der Waals surface area contributed by atoms with E-state index < -0.39 is 0 Å². The number of carbonyl (C=O) groups excluding carboxylic acids is 1. The van der Waals surface area contributed by atoms with Crippen molar-refractivity contribution < 1.29 is 4.79 Å². The van der Waals surface area contributed by atoms with Gasteiger partial charge in [0.05, 0.1) is 13.1 Å². The van der Waals surface area contributed by atoms with E-state index in [1.165, 1.54) is 18.4 Å². The number of likely N-dealkylation sites (tertiary alicyclic amines) is 2. The summed E-state index contributed by atoms with van der Waals surface area (Å²) in [4.78, 5) is 23.4. The highest BCUT2D eigenvalue weighted by Crippen LogP contribution is 2.20. The summed E-state index contributed by atoms with van der Waals surface area (Å²) in [6, 6.07) is 11.7. The van der Waals surface area contributed by atoms with Crippen molar-refractivity contribution >= 4 is 11.9 Å². The van der Waals surface area contributed by atoms with Gasteiger partial charge in [-0.1, -0.05) is 30.3 Å². The van der Waals surface area contributed by atoms with Crippen molar-refractivity contribution in [2.45, 2.75) is 51.2 Å². The van der Waals surface area contributed by atoms with Crippen LogP contribution in [0.3, 0.4) is 0 Å². The van der Waals surface area contributed by atoms with E-state index in [0.717, 1.165) is 58.1 Å². The molecule has 2 aliphatic rings. The van der Waals surface area contributed by atoms with E-state index in [1.54, 1.807) is 4.90 Å². The summed E-state index contributed by atoms with van der Waals surface area (Å²) in [5.41, 5.74) is 1.38. The van der Waals surface area contributed by atoms with Gasteiger partial charge in [0.1, 0.15) is 0 Å². The Bertz CT molecular complexity index is 699. The van der Waals surface area contributed by atoms with Gasteiger partial charge in [0, 0.05) is 52.4 Å². The van der Waals surface area contributed by atoms with Gasteiger partial charge >= 0.3 is 0 Å².